The molecule has 0 aliphatic rings. The Kier molecular flexibility index (Phi) is 8.95. The van der Waals surface area contributed by atoms with E-state index in [0.717, 1.165) is 30.5 Å². The molecule has 2 heteroatoms. The molecule has 33 heavy (non-hydrogen) atoms. The van der Waals surface area contributed by atoms with Gasteiger partial charge >= 0.3 is 0 Å². The van der Waals surface area contributed by atoms with Crippen LogP contribution >= 0.6 is 0 Å². The molecule has 1 heterocycles. The highest BCUT2D eigenvalue weighted by Gasteiger charge is 2.21. The molecule has 0 spiro atoms. The van der Waals surface area contributed by atoms with Crippen LogP contribution in [0.3, 0.4) is 0 Å². The van der Waals surface area contributed by atoms with Gasteiger partial charge in [0.05, 0.1) is 5.52 Å². The predicted molar refractivity (Wildman–Crippen MR) is 142 cm³/mol. The average molecular weight is 446 g/mol. The Balaban J connectivity index is 2.04. The molecular formula is C31H43NO. The Labute approximate surface area is 201 Å². The molecule has 0 unspecified atom stereocenters. The summed E-state index contributed by atoms with van der Waals surface area (Å²) in [6, 6.07) is 16.9. The maximum Gasteiger partial charge on any atom is 0.120 e. The summed E-state index contributed by atoms with van der Waals surface area (Å²) in [4.78, 5) is 5.21. The van der Waals surface area contributed by atoms with Gasteiger partial charge in [0.2, 0.25) is 0 Å². The van der Waals surface area contributed by atoms with Gasteiger partial charge in [-0.3, -0.25) is 4.98 Å². The molecule has 0 saturated carbocycles. The maximum absolute atomic E-state index is 6.21. The van der Waals surface area contributed by atoms with E-state index in [4.69, 9.17) is 9.72 Å². The number of rotatable bonds is 11. The van der Waals surface area contributed by atoms with Crippen molar-refractivity contribution in [1.29, 1.82) is 0 Å². The van der Waals surface area contributed by atoms with Gasteiger partial charge in [-0.1, -0.05) is 91.1 Å². The Bertz CT molecular complexity index is 1010. The summed E-state index contributed by atoms with van der Waals surface area (Å²) in [5.41, 5.74) is 6.82. The van der Waals surface area contributed by atoms with Crippen LogP contribution in [0.4, 0.5) is 0 Å². The maximum atomic E-state index is 6.21. The molecule has 0 bridgehead atoms. The van der Waals surface area contributed by atoms with Gasteiger partial charge < -0.3 is 4.74 Å². The lowest BCUT2D eigenvalue weighted by molar-refractivity contribution is 0.306. The van der Waals surface area contributed by atoms with E-state index in [0.29, 0.717) is 12.5 Å². The highest BCUT2D eigenvalue weighted by atomic mass is 16.5. The van der Waals surface area contributed by atoms with Crippen molar-refractivity contribution in [2.24, 2.45) is 11.3 Å². The molecule has 0 aliphatic carbocycles. The van der Waals surface area contributed by atoms with Gasteiger partial charge in [0.1, 0.15) is 12.4 Å². The molecule has 3 rings (SSSR count). The van der Waals surface area contributed by atoms with Crippen LogP contribution in [0.25, 0.3) is 10.9 Å². The van der Waals surface area contributed by atoms with Crippen LogP contribution in [0, 0.1) is 11.3 Å². The fourth-order valence-electron chi connectivity index (χ4n) is 4.54. The zero-order chi connectivity index (χ0) is 23.8. The van der Waals surface area contributed by atoms with Crippen molar-refractivity contribution < 1.29 is 4.74 Å². The Hall–Kier alpha value is -2.35. The number of unbranched alkanes of at least 4 members (excludes halogenated alkanes) is 3. The van der Waals surface area contributed by atoms with Crippen LogP contribution in [0.1, 0.15) is 89.6 Å². The number of aryl methyl sites for hydroxylation is 1. The Morgan fingerprint density at radius 3 is 2.33 bits per heavy atom. The number of nitrogens with zero attached hydrogens (tertiary/aromatic N) is 1. The molecule has 0 fully saturated rings. The Morgan fingerprint density at radius 1 is 0.909 bits per heavy atom. The molecule has 0 amide bonds. The van der Waals surface area contributed by atoms with Crippen molar-refractivity contribution >= 4 is 10.9 Å². The lowest BCUT2D eigenvalue weighted by atomic mass is 9.82. The molecular weight excluding hydrogens is 402 g/mol. The second-order valence-corrected chi connectivity index (χ2v) is 11.1. The lowest BCUT2D eigenvalue weighted by Crippen LogP contribution is -2.16. The van der Waals surface area contributed by atoms with E-state index in [9.17, 15) is 0 Å². The van der Waals surface area contributed by atoms with E-state index < -0.39 is 0 Å². The zero-order valence-corrected chi connectivity index (χ0v) is 21.7. The third-order valence-corrected chi connectivity index (χ3v) is 6.10. The molecule has 0 saturated heterocycles. The molecule has 178 valence electrons. The van der Waals surface area contributed by atoms with Crippen LogP contribution in [0.2, 0.25) is 0 Å². The first-order valence-electron chi connectivity index (χ1n) is 12.9. The number of fused-ring (bicyclic) bond motifs is 1. The van der Waals surface area contributed by atoms with Gasteiger partial charge in [-0.05, 0) is 71.9 Å². The van der Waals surface area contributed by atoms with Crippen molar-refractivity contribution in [3.8, 4) is 5.75 Å². The van der Waals surface area contributed by atoms with E-state index in [1.807, 2.05) is 6.07 Å². The second-order valence-electron chi connectivity index (χ2n) is 11.1. The quantitative estimate of drug-likeness (QED) is 0.275. The number of benzene rings is 2. The SMILES string of the molecule is CCCCCCc1c(CC(C)(C)C)c(CC(C)C)nc2ccc(OCc3ccccc3)cc12. The van der Waals surface area contributed by atoms with Gasteiger partial charge in [0.25, 0.3) is 0 Å². The Morgan fingerprint density at radius 2 is 1.67 bits per heavy atom. The van der Waals surface area contributed by atoms with E-state index in [-0.39, 0.29) is 5.41 Å². The van der Waals surface area contributed by atoms with Crippen molar-refractivity contribution in [3.63, 3.8) is 0 Å². The first-order chi connectivity index (χ1) is 15.8. The van der Waals surface area contributed by atoms with Crippen LogP contribution in [0.5, 0.6) is 5.75 Å². The molecule has 0 radical (unpaired) electrons. The summed E-state index contributed by atoms with van der Waals surface area (Å²) in [5.74, 6) is 1.52. The van der Waals surface area contributed by atoms with E-state index in [2.05, 4.69) is 84.0 Å². The molecule has 0 N–H and O–H groups in total. The van der Waals surface area contributed by atoms with E-state index >= 15 is 0 Å². The van der Waals surface area contributed by atoms with E-state index in [1.165, 1.54) is 53.5 Å². The van der Waals surface area contributed by atoms with Gasteiger partial charge in [0.15, 0.2) is 0 Å². The van der Waals surface area contributed by atoms with E-state index in [1.54, 1.807) is 0 Å². The summed E-state index contributed by atoms with van der Waals surface area (Å²) < 4.78 is 6.21. The number of ether oxygens (including phenoxy) is 1. The smallest absolute Gasteiger partial charge is 0.120 e. The standard InChI is InChI=1S/C31H43NO/c1-7-8-9-13-16-26-27-20-25(33-22-24-14-11-10-12-15-24)17-18-29(27)32-30(19-23(2)3)28(26)21-31(4,5)6/h10-12,14-15,17-18,20,23H,7-9,13,16,19,21-22H2,1-6H3. The molecule has 0 atom stereocenters. The normalized spacial score (nSPS) is 12.0. The first kappa shape index (κ1) is 25.3. The van der Waals surface area contributed by atoms with Crippen molar-refractivity contribution in [2.45, 2.75) is 93.1 Å². The highest BCUT2D eigenvalue weighted by molar-refractivity contribution is 5.85. The fourth-order valence-corrected chi connectivity index (χ4v) is 4.54. The third-order valence-electron chi connectivity index (χ3n) is 6.10. The van der Waals surface area contributed by atoms with Gasteiger partial charge in [-0.25, -0.2) is 0 Å². The monoisotopic (exact) mass is 445 g/mol. The van der Waals surface area contributed by atoms with Gasteiger partial charge in [-0.2, -0.15) is 0 Å². The number of pyridine rings is 1. The number of hydrogen-bond donors (Lipinski definition) is 0. The molecule has 2 nitrogen and oxygen atoms in total. The summed E-state index contributed by atoms with van der Waals surface area (Å²) in [6.45, 7) is 14.5. The number of hydrogen-bond acceptors (Lipinski definition) is 2. The highest BCUT2D eigenvalue weighted by Crippen LogP contribution is 2.34. The topological polar surface area (TPSA) is 22.1 Å². The minimum atomic E-state index is 0.223. The van der Waals surface area contributed by atoms with Gasteiger partial charge in [0, 0.05) is 11.1 Å². The summed E-state index contributed by atoms with van der Waals surface area (Å²) in [6.07, 6.45) is 8.33. The first-order valence-corrected chi connectivity index (χ1v) is 12.9. The van der Waals surface area contributed by atoms with Crippen LogP contribution in [-0.2, 0) is 25.9 Å². The average Bonchev–Trinajstić information content (AvgIpc) is 2.76. The molecule has 1 aromatic heterocycles. The van der Waals surface area contributed by atoms with Gasteiger partial charge in [-0.15, -0.1) is 0 Å². The van der Waals surface area contributed by atoms with Crippen LogP contribution < -0.4 is 4.74 Å². The van der Waals surface area contributed by atoms with Crippen molar-refractivity contribution in [2.75, 3.05) is 0 Å². The zero-order valence-electron chi connectivity index (χ0n) is 21.7. The lowest BCUT2D eigenvalue weighted by Gasteiger charge is -2.25. The van der Waals surface area contributed by atoms with Crippen LogP contribution in [0.15, 0.2) is 48.5 Å². The van der Waals surface area contributed by atoms with Crippen LogP contribution in [-0.4, -0.2) is 4.98 Å². The number of aromatic nitrogens is 1. The summed E-state index contributed by atoms with van der Waals surface area (Å²) in [7, 11) is 0. The second kappa shape index (κ2) is 11.7. The predicted octanol–water partition coefficient (Wildman–Crippen LogP) is 8.72. The molecule has 0 aliphatic heterocycles. The fraction of sp³-hybridized carbons (Fsp3) is 0.516. The minimum Gasteiger partial charge on any atom is -0.489 e. The largest absolute Gasteiger partial charge is 0.489 e. The molecule has 3 aromatic rings. The third kappa shape index (κ3) is 7.59. The van der Waals surface area contributed by atoms with Crippen molar-refractivity contribution in [3.05, 3.63) is 70.9 Å². The van der Waals surface area contributed by atoms with Crippen molar-refractivity contribution in [1.82, 2.24) is 4.98 Å². The minimum absolute atomic E-state index is 0.223. The summed E-state index contributed by atoms with van der Waals surface area (Å²) >= 11 is 0. The summed E-state index contributed by atoms with van der Waals surface area (Å²) in [5, 5.41) is 1.28. The molecule has 2 aromatic carbocycles.